The van der Waals surface area contributed by atoms with Crippen LogP contribution in [0.15, 0.2) is 24.3 Å². The molecule has 0 saturated heterocycles. The Labute approximate surface area is 119 Å². The average Bonchev–Trinajstić information content (AvgIpc) is 2.45. The van der Waals surface area contributed by atoms with Crippen molar-refractivity contribution in [2.24, 2.45) is 5.73 Å². The molecule has 1 unspecified atom stereocenters. The minimum atomic E-state index is -0.966. The van der Waals surface area contributed by atoms with E-state index in [0.29, 0.717) is 17.4 Å². The van der Waals surface area contributed by atoms with Crippen molar-refractivity contribution in [1.82, 2.24) is 0 Å². The highest BCUT2D eigenvalue weighted by atomic mass is 16.5. The third kappa shape index (κ3) is 8.26. The van der Waals surface area contributed by atoms with Crippen molar-refractivity contribution in [1.29, 1.82) is 0 Å². The number of hydrogen-bond donors (Lipinski definition) is 2. The molecular formula is C15H23NO4. The molecule has 0 aromatic heterocycles. The second-order valence-electron chi connectivity index (χ2n) is 4.43. The van der Waals surface area contributed by atoms with E-state index in [-0.39, 0.29) is 18.6 Å². The molecule has 0 fully saturated rings. The Hall–Kier alpha value is -1.88. The number of ether oxygens (including phenoxy) is 1. The van der Waals surface area contributed by atoms with Gasteiger partial charge in [0, 0.05) is 18.0 Å². The van der Waals surface area contributed by atoms with Gasteiger partial charge in [0.2, 0.25) is 0 Å². The summed E-state index contributed by atoms with van der Waals surface area (Å²) < 4.78 is 4.96. The van der Waals surface area contributed by atoms with Crippen molar-refractivity contribution in [3.63, 3.8) is 0 Å². The molecule has 5 heteroatoms. The average molecular weight is 281 g/mol. The van der Waals surface area contributed by atoms with Gasteiger partial charge >= 0.3 is 5.97 Å². The van der Waals surface area contributed by atoms with Crippen LogP contribution in [0.5, 0.6) is 5.75 Å². The molecule has 0 amide bonds. The fourth-order valence-corrected chi connectivity index (χ4v) is 1.16. The number of methoxy groups -OCH3 is 1. The monoisotopic (exact) mass is 281 g/mol. The number of hydrogen-bond acceptors (Lipinski definition) is 4. The van der Waals surface area contributed by atoms with Gasteiger partial charge in [0.1, 0.15) is 5.75 Å². The van der Waals surface area contributed by atoms with Gasteiger partial charge in [0.25, 0.3) is 0 Å². The summed E-state index contributed by atoms with van der Waals surface area (Å²) in [6.07, 6.45) is 0.957. The van der Waals surface area contributed by atoms with Crippen LogP contribution in [0.4, 0.5) is 0 Å². The number of aliphatic carboxylic acids is 1. The lowest BCUT2D eigenvalue weighted by Crippen LogP contribution is -2.11. The number of carbonyl (C=O) groups is 2. The van der Waals surface area contributed by atoms with Crippen LogP contribution in [0.25, 0.3) is 0 Å². The first-order valence-corrected chi connectivity index (χ1v) is 6.55. The fourth-order valence-electron chi connectivity index (χ4n) is 1.16. The van der Waals surface area contributed by atoms with Crippen molar-refractivity contribution < 1.29 is 19.4 Å². The Balaban J connectivity index is 0.000000621. The van der Waals surface area contributed by atoms with E-state index in [0.717, 1.165) is 6.42 Å². The van der Waals surface area contributed by atoms with Gasteiger partial charge < -0.3 is 15.6 Å². The van der Waals surface area contributed by atoms with Gasteiger partial charge in [-0.3, -0.25) is 9.59 Å². The topological polar surface area (TPSA) is 89.6 Å². The van der Waals surface area contributed by atoms with E-state index < -0.39 is 5.97 Å². The highest BCUT2D eigenvalue weighted by Crippen LogP contribution is 2.14. The number of carboxylic acids is 1. The van der Waals surface area contributed by atoms with Gasteiger partial charge in [-0.25, -0.2) is 0 Å². The fraction of sp³-hybridized carbons (Fsp3) is 0.467. The van der Waals surface area contributed by atoms with Crippen molar-refractivity contribution in [2.45, 2.75) is 39.2 Å². The number of carbonyl (C=O) groups excluding carboxylic acids is 1. The van der Waals surface area contributed by atoms with Crippen LogP contribution in [0, 0.1) is 0 Å². The number of ketones is 1. The van der Waals surface area contributed by atoms with Crippen LogP contribution in [0.2, 0.25) is 0 Å². The van der Waals surface area contributed by atoms with Crippen LogP contribution >= 0.6 is 0 Å². The van der Waals surface area contributed by atoms with E-state index >= 15 is 0 Å². The van der Waals surface area contributed by atoms with Crippen molar-refractivity contribution >= 4 is 11.8 Å². The zero-order valence-corrected chi connectivity index (χ0v) is 12.3. The van der Waals surface area contributed by atoms with Gasteiger partial charge in [-0.2, -0.15) is 0 Å². The largest absolute Gasteiger partial charge is 0.497 e. The standard InChI is InChI=1S/C11H12O4.C4H11N/c1-15-9-4-2-3-8(7-9)10(12)5-6-11(13)14;1-3-4(2)5/h2-4,7H,5-6H2,1H3,(H,13,14);4H,3,5H2,1-2H3. The third-order valence-corrected chi connectivity index (χ3v) is 2.60. The summed E-state index contributed by atoms with van der Waals surface area (Å²) in [6.45, 7) is 4.07. The third-order valence-electron chi connectivity index (χ3n) is 2.60. The Bertz CT molecular complexity index is 430. The molecule has 20 heavy (non-hydrogen) atoms. The summed E-state index contributed by atoms with van der Waals surface area (Å²) in [5.74, 6) is -0.557. The first-order valence-electron chi connectivity index (χ1n) is 6.55. The number of rotatable bonds is 6. The van der Waals surface area contributed by atoms with E-state index in [9.17, 15) is 9.59 Å². The minimum Gasteiger partial charge on any atom is -0.497 e. The van der Waals surface area contributed by atoms with Crippen LogP contribution < -0.4 is 10.5 Å². The van der Waals surface area contributed by atoms with E-state index in [1.807, 2.05) is 6.92 Å². The molecule has 3 N–H and O–H groups in total. The molecule has 1 aromatic carbocycles. The molecule has 1 rings (SSSR count). The molecule has 5 nitrogen and oxygen atoms in total. The lowest BCUT2D eigenvalue weighted by molar-refractivity contribution is -0.136. The second kappa shape index (κ2) is 9.97. The SMILES string of the molecule is CCC(C)N.COc1cccc(C(=O)CCC(=O)O)c1. The molecule has 1 aromatic rings. The predicted octanol–water partition coefficient (Wildman–Crippen LogP) is 2.49. The minimum absolute atomic E-state index is 0.0164. The Morgan fingerprint density at radius 1 is 1.35 bits per heavy atom. The first kappa shape index (κ1) is 18.1. The van der Waals surface area contributed by atoms with Gasteiger partial charge in [-0.1, -0.05) is 19.1 Å². The first-order chi connectivity index (χ1) is 9.40. The highest BCUT2D eigenvalue weighted by molar-refractivity contribution is 5.97. The Morgan fingerprint density at radius 3 is 2.40 bits per heavy atom. The maximum atomic E-state index is 11.5. The highest BCUT2D eigenvalue weighted by Gasteiger charge is 2.08. The smallest absolute Gasteiger partial charge is 0.303 e. The van der Waals surface area contributed by atoms with Gasteiger partial charge in [-0.15, -0.1) is 0 Å². The van der Waals surface area contributed by atoms with Crippen LogP contribution in [-0.4, -0.2) is 30.0 Å². The molecule has 112 valence electrons. The summed E-state index contributed by atoms with van der Waals surface area (Å²) in [5, 5.41) is 8.43. The summed E-state index contributed by atoms with van der Waals surface area (Å²) in [5.41, 5.74) is 5.77. The van der Waals surface area contributed by atoms with Crippen molar-refractivity contribution in [2.75, 3.05) is 7.11 Å². The number of Topliss-reactive ketones (excluding diaryl/α,β-unsaturated/α-hetero) is 1. The summed E-state index contributed by atoms with van der Waals surface area (Å²) in [4.78, 5) is 21.8. The molecule has 0 spiro atoms. The van der Waals surface area contributed by atoms with E-state index in [1.165, 1.54) is 7.11 Å². The molecule has 0 heterocycles. The Kier molecular flexibility index (Phi) is 9.04. The number of benzene rings is 1. The van der Waals surface area contributed by atoms with Gasteiger partial charge in [0.05, 0.1) is 13.5 Å². The molecule has 0 saturated carbocycles. The van der Waals surface area contributed by atoms with Gasteiger partial charge in [-0.05, 0) is 25.5 Å². The molecule has 0 aliphatic rings. The van der Waals surface area contributed by atoms with Crippen molar-refractivity contribution in [3.8, 4) is 5.75 Å². The normalized spacial score (nSPS) is 11.0. The maximum Gasteiger partial charge on any atom is 0.303 e. The molecule has 0 bridgehead atoms. The zero-order chi connectivity index (χ0) is 15.5. The van der Waals surface area contributed by atoms with E-state index in [1.54, 1.807) is 24.3 Å². The Morgan fingerprint density at radius 2 is 1.95 bits per heavy atom. The van der Waals surface area contributed by atoms with Crippen LogP contribution in [0.1, 0.15) is 43.5 Å². The van der Waals surface area contributed by atoms with Crippen molar-refractivity contribution in [3.05, 3.63) is 29.8 Å². The summed E-state index contributed by atoms with van der Waals surface area (Å²) in [6, 6.07) is 7.06. The van der Waals surface area contributed by atoms with Gasteiger partial charge in [0.15, 0.2) is 5.78 Å². The second-order valence-corrected chi connectivity index (χ2v) is 4.43. The predicted molar refractivity (Wildman–Crippen MR) is 78.1 cm³/mol. The van der Waals surface area contributed by atoms with E-state index in [4.69, 9.17) is 15.6 Å². The molecule has 0 radical (unpaired) electrons. The van der Waals surface area contributed by atoms with Crippen LogP contribution in [-0.2, 0) is 4.79 Å². The molecule has 1 atom stereocenters. The lowest BCUT2D eigenvalue weighted by atomic mass is 10.1. The van der Waals surface area contributed by atoms with Crippen LogP contribution in [0.3, 0.4) is 0 Å². The molecular weight excluding hydrogens is 258 g/mol. The van der Waals surface area contributed by atoms with E-state index in [2.05, 4.69) is 6.92 Å². The number of nitrogens with two attached hydrogens (primary N) is 1. The summed E-state index contributed by atoms with van der Waals surface area (Å²) >= 11 is 0. The molecule has 0 aliphatic carbocycles. The maximum absolute atomic E-state index is 11.5. The summed E-state index contributed by atoms with van der Waals surface area (Å²) in [7, 11) is 1.51. The lowest BCUT2D eigenvalue weighted by Gasteiger charge is -2.02. The molecule has 0 aliphatic heterocycles. The number of carboxylic acid groups (broad SMARTS) is 1. The quantitative estimate of drug-likeness (QED) is 0.782. The zero-order valence-electron chi connectivity index (χ0n) is 12.3.